The molecule has 4 aromatic carbocycles. The Morgan fingerprint density at radius 3 is 1.57 bits per heavy atom. The fourth-order valence-electron chi connectivity index (χ4n) is 4.09. The first kappa shape index (κ1) is 29.4. The Kier molecular flexibility index (Phi) is 8.85. The molecule has 0 aliphatic carbocycles. The number of carbonyl (C=O) groups excluding carboxylic acids is 2. The summed E-state index contributed by atoms with van der Waals surface area (Å²) in [5.41, 5.74) is 4.72. The van der Waals surface area contributed by atoms with E-state index in [9.17, 15) is 14.0 Å². The highest BCUT2D eigenvalue weighted by Gasteiger charge is 2.12. The van der Waals surface area contributed by atoms with Gasteiger partial charge in [-0.15, -0.1) is 10.2 Å². The second-order valence-electron chi connectivity index (χ2n) is 9.66. The van der Waals surface area contributed by atoms with Gasteiger partial charge in [0.2, 0.25) is 0 Å². The number of hydrogen-bond donors (Lipinski definition) is 2. The molecule has 220 valence electrons. The third-order valence-electron chi connectivity index (χ3n) is 6.48. The summed E-state index contributed by atoms with van der Waals surface area (Å²) >= 11 is 0. The number of carbonyl (C=O) groups is 2. The largest absolute Gasteiger partial charge is 0.322 e. The Hall–Kier alpha value is -6.11. The van der Waals surface area contributed by atoms with E-state index in [0.717, 1.165) is 22.4 Å². The second kappa shape index (κ2) is 13.2. The maximum Gasteiger partial charge on any atom is 0.255 e. The van der Waals surface area contributed by atoms with Crippen molar-refractivity contribution in [3.05, 3.63) is 120 Å². The molecule has 0 fully saturated rings. The van der Waals surface area contributed by atoms with Crippen LogP contribution in [0.2, 0.25) is 0 Å². The summed E-state index contributed by atoms with van der Waals surface area (Å²) in [6, 6.07) is 27.6. The van der Waals surface area contributed by atoms with Gasteiger partial charge in [-0.1, -0.05) is 54.1 Å². The molecule has 2 amide bonds. The molecular formula is C31H27FN10O2. The first-order chi connectivity index (χ1) is 21.3. The average molecular weight is 591 g/mol. The van der Waals surface area contributed by atoms with E-state index in [-0.39, 0.29) is 17.5 Å². The Morgan fingerprint density at radius 2 is 1.11 bits per heavy atom. The van der Waals surface area contributed by atoms with E-state index in [0.29, 0.717) is 22.8 Å². The molecule has 44 heavy (non-hydrogen) atoms. The van der Waals surface area contributed by atoms with Gasteiger partial charge in [0.1, 0.15) is 5.82 Å². The van der Waals surface area contributed by atoms with Gasteiger partial charge < -0.3 is 10.6 Å². The molecule has 6 rings (SSSR count). The van der Waals surface area contributed by atoms with Crippen LogP contribution in [0.3, 0.4) is 0 Å². The number of tetrazole rings is 2. The van der Waals surface area contributed by atoms with Crippen LogP contribution in [0.25, 0.3) is 22.8 Å². The summed E-state index contributed by atoms with van der Waals surface area (Å²) in [7, 11) is 3.50. The molecule has 13 heteroatoms. The van der Waals surface area contributed by atoms with Crippen LogP contribution in [0.15, 0.2) is 97.1 Å². The van der Waals surface area contributed by atoms with Gasteiger partial charge in [-0.25, -0.2) is 13.8 Å². The topological polar surface area (TPSA) is 145 Å². The Bertz CT molecular complexity index is 1880. The van der Waals surface area contributed by atoms with Crippen molar-refractivity contribution < 1.29 is 14.0 Å². The Labute approximate surface area is 251 Å². The van der Waals surface area contributed by atoms with Gasteiger partial charge in [-0.2, -0.15) is 0 Å². The zero-order valence-electron chi connectivity index (χ0n) is 24.0. The van der Waals surface area contributed by atoms with Crippen LogP contribution in [-0.2, 0) is 14.1 Å². The molecule has 0 saturated carbocycles. The quantitative estimate of drug-likeness (QED) is 0.284. The lowest BCUT2D eigenvalue weighted by Crippen LogP contribution is -2.12. The number of anilines is 2. The Morgan fingerprint density at radius 1 is 0.636 bits per heavy atom. The van der Waals surface area contributed by atoms with Crippen LogP contribution in [-0.4, -0.2) is 52.2 Å². The fraction of sp³-hybridized carbons (Fsp3) is 0.0968. The van der Waals surface area contributed by atoms with Crippen LogP contribution in [0.1, 0.15) is 26.3 Å². The van der Waals surface area contributed by atoms with Gasteiger partial charge in [0.15, 0.2) is 11.6 Å². The maximum atomic E-state index is 13.5. The molecule has 6 aromatic rings. The molecule has 0 saturated heterocycles. The third-order valence-corrected chi connectivity index (χ3v) is 6.48. The number of benzene rings is 4. The number of amides is 2. The van der Waals surface area contributed by atoms with Gasteiger partial charge in [0.05, 0.1) is 5.69 Å². The average Bonchev–Trinajstić information content (AvgIpc) is 3.67. The molecular weight excluding hydrogens is 563 g/mol. The fourth-order valence-corrected chi connectivity index (χ4v) is 4.09. The summed E-state index contributed by atoms with van der Waals surface area (Å²) < 4.78 is 16.6. The first-order valence-electron chi connectivity index (χ1n) is 13.4. The normalized spacial score (nSPS) is 10.5. The minimum absolute atomic E-state index is 0.147. The predicted molar refractivity (Wildman–Crippen MR) is 162 cm³/mol. The molecule has 0 aliphatic rings. The summed E-state index contributed by atoms with van der Waals surface area (Å²) in [5.74, 6) is 0.253. The maximum absolute atomic E-state index is 13.5. The summed E-state index contributed by atoms with van der Waals surface area (Å²) in [6.07, 6.45) is 0. The standard InChI is InChI=1S/C16H15N5O.C15H12FN5O/c1-11-3-9-14(10-4-11)17-16(22)13-7-5-12(6-8-13)15-18-19-20-21(15)2;1-21-14(18-19-20-21)10-6-8-11(9-7-10)15(22)17-13-5-3-2-4-12(13)16/h3-10H,1-2H3,(H,17,22);2-9H,1H3,(H,17,22). The second-order valence-corrected chi connectivity index (χ2v) is 9.66. The van der Waals surface area contributed by atoms with E-state index < -0.39 is 5.82 Å². The van der Waals surface area contributed by atoms with Crippen molar-refractivity contribution in [2.45, 2.75) is 6.92 Å². The molecule has 0 spiro atoms. The number of rotatable bonds is 6. The minimum Gasteiger partial charge on any atom is -0.322 e. The monoisotopic (exact) mass is 590 g/mol. The summed E-state index contributed by atoms with van der Waals surface area (Å²) in [6.45, 7) is 2.01. The smallest absolute Gasteiger partial charge is 0.255 e. The highest BCUT2D eigenvalue weighted by atomic mass is 19.1. The number of aromatic nitrogens is 8. The number of aryl methyl sites for hydroxylation is 3. The highest BCUT2D eigenvalue weighted by Crippen LogP contribution is 2.19. The highest BCUT2D eigenvalue weighted by molar-refractivity contribution is 6.05. The van der Waals surface area contributed by atoms with Crippen molar-refractivity contribution in [2.75, 3.05) is 10.6 Å². The van der Waals surface area contributed by atoms with E-state index in [1.54, 1.807) is 67.3 Å². The van der Waals surface area contributed by atoms with E-state index >= 15 is 0 Å². The van der Waals surface area contributed by atoms with Gasteiger partial charge in [-0.05, 0) is 76.3 Å². The molecule has 0 unspecified atom stereocenters. The predicted octanol–water partition coefficient (Wildman–Crippen LogP) is 4.71. The lowest BCUT2D eigenvalue weighted by molar-refractivity contribution is 0.101. The molecule has 2 aromatic heterocycles. The molecule has 0 bridgehead atoms. The van der Waals surface area contributed by atoms with Crippen molar-refractivity contribution in [1.82, 2.24) is 40.4 Å². The molecule has 2 N–H and O–H groups in total. The van der Waals surface area contributed by atoms with Crippen LogP contribution in [0.5, 0.6) is 0 Å². The van der Waals surface area contributed by atoms with E-state index in [4.69, 9.17) is 0 Å². The molecule has 0 atom stereocenters. The zero-order valence-corrected chi connectivity index (χ0v) is 24.0. The molecule has 0 aliphatic heterocycles. The lowest BCUT2D eigenvalue weighted by atomic mass is 10.1. The van der Waals surface area contributed by atoms with Crippen LogP contribution in [0, 0.1) is 12.7 Å². The number of nitrogens with zero attached hydrogens (tertiary/aromatic N) is 8. The van der Waals surface area contributed by atoms with Gasteiger partial charge in [-0.3, -0.25) is 9.59 Å². The number of halogens is 1. The van der Waals surface area contributed by atoms with Crippen LogP contribution < -0.4 is 10.6 Å². The number of hydrogen-bond acceptors (Lipinski definition) is 8. The minimum atomic E-state index is -0.474. The van der Waals surface area contributed by atoms with Crippen molar-refractivity contribution in [1.29, 1.82) is 0 Å². The molecule has 0 radical (unpaired) electrons. The van der Waals surface area contributed by atoms with E-state index in [1.165, 1.54) is 16.8 Å². The first-order valence-corrected chi connectivity index (χ1v) is 13.4. The van der Waals surface area contributed by atoms with Gasteiger partial charge in [0, 0.05) is 42.0 Å². The Balaban J connectivity index is 0.000000175. The molecule has 2 heterocycles. The van der Waals surface area contributed by atoms with Crippen molar-refractivity contribution in [2.24, 2.45) is 14.1 Å². The summed E-state index contributed by atoms with van der Waals surface area (Å²) in [4.78, 5) is 24.3. The van der Waals surface area contributed by atoms with Crippen molar-refractivity contribution in [3.8, 4) is 22.8 Å². The third kappa shape index (κ3) is 7.02. The van der Waals surface area contributed by atoms with Crippen molar-refractivity contribution >= 4 is 23.2 Å². The SMILES string of the molecule is Cc1ccc(NC(=O)c2ccc(-c3nnnn3C)cc2)cc1.Cn1nnnc1-c1ccc(C(=O)Nc2ccccc2F)cc1. The number of para-hydroxylation sites is 1. The van der Waals surface area contributed by atoms with Gasteiger partial charge >= 0.3 is 0 Å². The van der Waals surface area contributed by atoms with Crippen LogP contribution >= 0.6 is 0 Å². The van der Waals surface area contributed by atoms with Gasteiger partial charge in [0.25, 0.3) is 11.8 Å². The summed E-state index contributed by atoms with van der Waals surface area (Å²) in [5, 5.41) is 27.9. The zero-order chi connectivity index (χ0) is 31.1. The molecule has 12 nitrogen and oxygen atoms in total. The van der Waals surface area contributed by atoms with Crippen molar-refractivity contribution in [3.63, 3.8) is 0 Å². The van der Waals surface area contributed by atoms with E-state index in [2.05, 4.69) is 41.7 Å². The lowest BCUT2D eigenvalue weighted by Gasteiger charge is -2.06. The van der Waals surface area contributed by atoms with E-state index in [1.807, 2.05) is 43.3 Å². The number of nitrogens with one attached hydrogen (secondary N) is 2. The van der Waals surface area contributed by atoms with Crippen LogP contribution in [0.4, 0.5) is 15.8 Å².